The van der Waals surface area contributed by atoms with Crippen LogP contribution in [0.15, 0.2) is 18.2 Å². The number of hydrogen-bond acceptors (Lipinski definition) is 6. The molecule has 0 fully saturated rings. The summed E-state index contributed by atoms with van der Waals surface area (Å²) in [6.07, 6.45) is 0. The van der Waals surface area contributed by atoms with Crippen molar-refractivity contribution in [3.63, 3.8) is 0 Å². The average molecular weight is 876 g/mol. The van der Waals surface area contributed by atoms with E-state index in [2.05, 4.69) is 201 Å². The SMILES string of the molecule is Cc1cc(N(C)C)c([Si](c2c(N(C)C)cc(C)c(C)c2N(C)C)(c2c(N(C)C)cc(C)c(C)c2N(C)C)[c-]2c(C)c(C)c(C)c2C)c(N(C)C)c1C.[Cl-].[Cl-].[Cl-].[Ti+4]. The van der Waals surface area contributed by atoms with Crippen molar-refractivity contribution in [2.45, 2.75) is 69.2 Å². The Morgan fingerprint density at radius 1 is 0.357 bits per heavy atom. The van der Waals surface area contributed by atoms with Crippen molar-refractivity contribution in [3.8, 4) is 0 Å². The van der Waals surface area contributed by atoms with E-state index in [1.807, 2.05) is 0 Å². The average Bonchev–Trinajstić information content (AvgIpc) is 3.23. The minimum Gasteiger partial charge on any atom is -1.00 e. The van der Waals surface area contributed by atoms with Crippen LogP contribution in [0.1, 0.15) is 55.6 Å². The van der Waals surface area contributed by atoms with Crippen molar-refractivity contribution in [2.24, 2.45) is 0 Å². The Morgan fingerprint density at radius 3 is 0.750 bits per heavy atom. The van der Waals surface area contributed by atoms with Crippen molar-refractivity contribution in [1.82, 2.24) is 0 Å². The Hall–Kier alpha value is -2.39. The summed E-state index contributed by atoms with van der Waals surface area (Å²) < 4.78 is 0. The van der Waals surface area contributed by atoms with Gasteiger partial charge in [-0.2, -0.15) is 22.3 Å². The van der Waals surface area contributed by atoms with E-state index in [9.17, 15) is 0 Å². The fourth-order valence-electron chi connectivity index (χ4n) is 9.02. The monoisotopic (exact) mass is 874 g/mol. The number of aryl methyl sites for hydroxylation is 3. The van der Waals surface area contributed by atoms with Gasteiger partial charge in [0.2, 0.25) is 0 Å². The van der Waals surface area contributed by atoms with Crippen LogP contribution in [-0.4, -0.2) is 92.6 Å². The standard InChI is InChI=1S/C45H69N6Si.3ClH.Ti/c1-26-23-36(46(11)12)43(39(29(26)4)49(17)18)52(42-34(9)32(7)33(8)35(42)10,44-37(47(13)14)24-27(2)30(5)40(44)50(19)20)45-38(48(15)16)25-28(3)31(6)41(45)51(21)22;;;;/h23-25H,1-22H3;3*1H;/q-1;;;;+4/p-3. The molecule has 0 aliphatic heterocycles. The number of hydrogen-bond donors (Lipinski definition) is 0. The summed E-state index contributed by atoms with van der Waals surface area (Å²) in [5.74, 6) is 0. The van der Waals surface area contributed by atoms with E-state index >= 15 is 0 Å². The minimum atomic E-state index is -3.46. The van der Waals surface area contributed by atoms with Crippen molar-refractivity contribution in [1.29, 1.82) is 0 Å². The van der Waals surface area contributed by atoms with Crippen LogP contribution < -0.4 is 87.4 Å². The molecular weight excluding hydrogens is 807 g/mol. The van der Waals surface area contributed by atoms with E-state index in [0.29, 0.717) is 0 Å². The third-order valence-corrected chi connectivity index (χ3v) is 17.3. The zero-order valence-electron chi connectivity index (χ0n) is 38.5. The smallest absolute Gasteiger partial charge is 1.00 e. The summed E-state index contributed by atoms with van der Waals surface area (Å²) >= 11 is 0. The molecule has 0 N–H and O–H groups in total. The molecule has 4 rings (SSSR count). The van der Waals surface area contributed by atoms with Crippen LogP contribution in [-0.2, 0) is 21.7 Å². The molecule has 0 saturated carbocycles. The Bertz CT molecular complexity index is 1820. The van der Waals surface area contributed by atoms with Gasteiger partial charge in [-0.15, -0.1) is 5.19 Å². The van der Waals surface area contributed by atoms with Gasteiger partial charge in [-0.05, 0) is 109 Å². The summed E-state index contributed by atoms with van der Waals surface area (Å²) in [5.41, 5.74) is 21.4. The quantitative estimate of drug-likeness (QED) is 0.0975. The normalized spacial score (nSPS) is 10.8. The van der Waals surface area contributed by atoms with Gasteiger partial charge >= 0.3 is 21.7 Å². The first kappa shape index (κ1) is 53.6. The molecule has 0 bridgehead atoms. The Balaban J connectivity index is 0.00000756. The molecule has 56 heavy (non-hydrogen) atoms. The zero-order chi connectivity index (χ0) is 39.6. The van der Waals surface area contributed by atoms with Crippen LogP contribution in [0.25, 0.3) is 0 Å². The van der Waals surface area contributed by atoms with Crippen LogP contribution in [0.4, 0.5) is 34.1 Å². The first-order chi connectivity index (χ1) is 24.0. The van der Waals surface area contributed by atoms with E-state index in [4.69, 9.17) is 0 Å². The molecular formula is C45H69Cl3N6SiTi. The minimum absolute atomic E-state index is 0. The largest absolute Gasteiger partial charge is 4.00 e. The van der Waals surface area contributed by atoms with E-state index in [1.54, 1.807) is 0 Å². The number of benzene rings is 3. The van der Waals surface area contributed by atoms with Crippen molar-refractivity contribution in [2.75, 3.05) is 114 Å². The Morgan fingerprint density at radius 2 is 0.571 bits per heavy atom. The summed E-state index contributed by atoms with van der Waals surface area (Å²) in [6, 6.07) is 7.43. The molecule has 0 aromatic heterocycles. The van der Waals surface area contributed by atoms with E-state index < -0.39 is 8.07 Å². The molecule has 0 heterocycles. The second kappa shape index (κ2) is 19.6. The molecule has 0 aliphatic rings. The second-order valence-corrected chi connectivity index (χ2v) is 20.2. The third kappa shape index (κ3) is 8.38. The fourth-order valence-corrected chi connectivity index (χ4v) is 16.4. The molecule has 0 amide bonds. The molecule has 4 aromatic carbocycles. The summed E-state index contributed by atoms with van der Waals surface area (Å²) in [7, 11) is 23.5. The van der Waals surface area contributed by atoms with Gasteiger partial charge in [-0.3, -0.25) is 0 Å². The van der Waals surface area contributed by atoms with Gasteiger partial charge in [0.1, 0.15) is 8.07 Å². The molecule has 0 radical (unpaired) electrons. The predicted molar refractivity (Wildman–Crippen MR) is 239 cm³/mol. The fraction of sp³-hybridized carbons (Fsp3) is 0.489. The van der Waals surface area contributed by atoms with Crippen LogP contribution in [0.2, 0.25) is 0 Å². The molecule has 0 saturated heterocycles. The maximum Gasteiger partial charge on any atom is 4.00 e. The molecule has 0 atom stereocenters. The van der Waals surface area contributed by atoms with Crippen molar-refractivity contribution < 1.29 is 58.9 Å². The Kier molecular flexibility index (Phi) is 18.7. The number of nitrogens with zero attached hydrogens (tertiary/aromatic N) is 6. The van der Waals surface area contributed by atoms with E-state index in [0.717, 1.165) is 0 Å². The molecule has 4 aromatic rings. The molecule has 0 spiro atoms. The number of anilines is 6. The van der Waals surface area contributed by atoms with Gasteiger partial charge in [0, 0.05) is 119 Å². The molecule has 6 nitrogen and oxygen atoms in total. The van der Waals surface area contributed by atoms with Crippen LogP contribution in [0.3, 0.4) is 0 Å². The molecule has 0 aliphatic carbocycles. The first-order valence-electron chi connectivity index (χ1n) is 18.7. The number of rotatable bonds is 10. The molecule has 0 unspecified atom stereocenters. The number of halogens is 3. The van der Waals surface area contributed by atoms with Gasteiger partial charge in [-0.25, -0.2) is 0 Å². The molecule has 11 heteroatoms. The zero-order valence-corrected chi connectivity index (χ0v) is 43.4. The maximum absolute atomic E-state index is 3.46. The van der Waals surface area contributed by atoms with Gasteiger partial charge in [0.05, 0.1) is 0 Å². The summed E-state index contributed by atoms with van der Waals surface area (Å²) in [6.45, 7) is 23.4. The maximum atomic E-state index is 2.48. The van der Waals surface area contributed by atoms with Crippen molar-refractivity contribution >= 4 is 62.9 Å². The third-order valence-electron chi connectivity index (χ3n) is 12.1. The first-order valence-corrected chi connectivity index (χ1v) is 20.7. The second-order valence-electron chi connectivity index (χ2n) is 16.7. The Labute approximate surface area is 376 Å². The topological polar surface area (TPSA) is 19.4 Å². The van der Waals surface area contributed by atoms with Gasteiger partial charge in [-0.1, -0.05) is 27.7 Å². The summed E-state index contributed by atoms with van der Waals surface area (Å²) in [4.78, 5) is 14.4. The van der Waals surface area contributed by atoms with Gasteiger partial charge in [0.15, 0.2) is 0 Å². The van der Waals surface area contributed by atoms with Crippen LogP contribution in [0.5, 0.6) is 0 Å². The van der Waals surface area contributed by atoms with Gasteiger partial charge < -0.3 is 66.6 Å². The predicted octanol–water partition coefficient (Wildman–Crippen LogP) is -2.73. The van der Waals surface area contributed by atoms with E-state index in [-0.39, 0.29) is 58.9 Å². The van der Waals surface area contributed by atoms with Crippen LogP contribution in [0, 0.1) is 69.2 Å². The van der Waals surface area contributed by atoms with Crippen LogP contribution >= 0.6 is 0 Å². The van der Waals surface area contributed by atoms with Gasteiger partial charge in [0.25, 0.3) is 0 Å². The molecule has 308 valence electrons. The summed E-state index contributed by atoms with van der Waals surface area (Å²) in [5, 5.41) is 5.86. The van der Waals surface area contributed by atoms with E-state index in [1.165, 1.54) is 111 Å². The van der Waals surface area contributed by atoms with Crippen molar-refractivity contribution in [3.05, 3.63) is 73.8 Å².